The second-order valence-electron chi connectivity index (χ2n) is 31.8. The van der Waals surface area contributed by atoms with Crippen LogP contribution in [0.5, 0.6) is 0 Å². The summed E-state index contributed by atoms with van der Waals surface area (Å²) in [5, 5.41) is 66.1. The topological polar surface area (TPSA) is 628 Å². The van der Waals surface area contributed by atoms with Crippen molar-refractivity contribution in [3.63, 3.8) is 0 Å². The van der Waals surface area contributed by atoms with Gasteiger partial charge in [-0.05, 0) is 165 Å². The second-order valence-corrected chi connectivity index (χ2v) is 31.8. The van der Waals surface area contributed by atoms with E-state index in [9.17, 15) is 82.1 Å². The van der Waals surface area contributed by atoms with Gasteiger partial charge in [-0.1, -0.05) is 101 Å². The van der Waals surface area contributed by atoms with Gasteiger partial charge in [-0.2, -0.15) is 0 Å². The number of aromatic nitrogens is 2. The summed E-state index contributed by atoms with van der Waals surface area (Å²) < 4.78 is 0. The highest BCUT2D eigenvalue weighted by molar-refractivity contribution is 6.01. The molecule has 1 aliphatic rings. The minimum absolute atomic E-state index is 0.00679. The van der Waals surface area contributed by atoms with E-state index in [1.54, 1.807) is 76.5 Å². The lowest BCUT2D eigenvalue weighted by Gasteiger charge is -2.32. The molecule has 39 heteroatoms. The summed E-state index contributed by atoms with van der Waals surface area (Å²) in [6.45, 7) is 13.4. The Balaban J connectivity index is 1.13. The average Bonchev–Trinajstić information content (AvgIpc) is 1.70. The molecule has 16 atom stereocenters. The first-order valence-corrected chi connectivity index (χ1v) is 42.0. The molecule has 1 saturated heterocycles. The molecule has 2 aromatic heterocycles. The third kappa shape index (κ3) is 31.4. The second kappa shape index (κ2) is 49.7. The van der Waals surface area contributed by atoms with Crippen molar-refractivity contribution in [1.82, 2.24) is 89.3 Å². The molecule has 39 nitrogen and oxygen atoms in total. The van der Waals surface area contributed by atoms with Crippen LogP contribution in [0.15, 0.2) is 91.3 Å². The van der Waals surface area contributed by atoms with Gasteiger partial charge in [0.15, 0.2) is 5.96 Å². The number of unbranched alkanes of at least 4 members (excludes halogenated alkanes) is 2. The quantitative estimate of drug-likeness (QED) is 0.0115. The number of aromatic amines is 2. The number of amides is 14. The van der Waals surface area contributed by atoms with E-state index in [1.807, 2.05) is 42.5 Å². The molecule has 0 radical (unpaired) electrons. The van der Waals surface area contributed by atoms with Crippen molar-refractivity contribution in [2.45, 2.75) is 249 Å². The van der Waals surface area contributed by atoms with Gasteiger partial charge >= 0.3 is 5.97 Å². The SMILES string of the molecule is CC[C@H](C)[C@H](NC(=O)[C@H](C)NC(=O)[C@H](CCCCN)NC(=O)[C@H](CCCNC(=N)N)NC(=O)[C@H](C)NC(=O)[C@H](Cc1c[nH]c2ccccc12)NC(=O)[C@H](CCCCN)NC(=O)[C@H](C)NC(=O)[C@H](CC(C)C)NC(=O)[C@@H](NC(=O)CNC(=O)[C@H](Cc1c[nH]c2ccccc12)NC(=O)[C@@H](N)Cc1ccccc1)[C@@H](C)O)C(=O)N1CCC[C@H]1C(=O)N[C@@H](C)C(=O)O. The van der Waals surface area contributed by atoms with Gasteiger partial charge in [0.2, 0.25) is 82.7 Å². The lowest BCUT2D eigenvalue weighted by atomic mass is 9.97. The molecule has 1 fully saturated rings. The van der Waals surface area contributed by atoms with Gasteiger partial charge in [-0.3, -0.25) is 77.3 Å². The van der Waals surface area contributed by atoms with Gasteiger partial charge in [-0.25, -0.2) is 0 Å². The Hall–Kier alpha value is -12.1. The van der Waals surface area contributed by atoms with Crippen molar-refractivity contribution in [3.8, 4) is 0 Å². The van der Waals surface area contributed by atoms with Gasteiger partial charge < -0.3 is 122 Å². The van der Waals surface area contributed by atoms with Gasteiger partial charge in [-0.15, -0.1) is 0 Å². The van der Waals surface area contributed by atoms with Crippen LogP contribution in [0.25, 0.3) is 21.8 Å². The van der Waals surface area contributed by atoms with Gasteiger partial charge in [0.1, 0.15) is 78.5 Å². The summed E-state index contributed by atoms with van der Waals surface area (Å²) in [4.78, 5) is 217. The predicted molar refractivity (Wildman–Crippen MR) is 459 cm³/mol. The third-order valence-electron chi connectivity index (χ3n) is 21.3. The number of hydrogen-bond donors (Lipinski definition) is 23. The van der Waals surface area contributed by atoms with Gasteiger partial charge in [0.05, 0.1) is 18.7 Å². The van der Waals surface area contributed by atoms with Gasteiger partial charge in [0, 0.05) is 60.1 Å². The van der Waals surface area contributed by atoms with E-state index < -0.39 is 192 Å². The molecule has 3 aromatic carbocycles. The molecule has 674 valence electrons. The summed E-state index contributed by atoms with van der Waals surface area (Å²) in [7, 11) is 0. The van der Waals surface area contributed by atoms with Gasteiger partial charge in [0.25, 0.3) is 0 Å². The fraction of sp³-hybridized carbons (Fsp3) is 0.548. The number of guanidine groups is 1. The Morgan fingerprint density at radius 1 is 0.488 bits per heavy atom. The third-order valence-corrected chi connectivity index (χ3v) is 21.3. The van der Waals surface area contributed by atoms with Crippen LogP contribution in [0.2, 0.25) is 0 Å². The Bertz CT molecular complexity index is 4440. The summed E-state index contributed by atoms with van der Waals surface area (Å²) in [6, 6.07) is 4.84. The van der Waals surface area contributed by atoms with Crippen molar-refractivity contribution in [2.24, 2.45) is 34.8 Å². The van der Waals surface area contributed by atoms with Crippen LogP contribution in [-0.4, -0.2) is 243 Å². The number of likely N-dealkylation sites (tertiary alicyclic amines) is 1. The molecule has 0 spiro atoms. The van der Waals surface area contributed by atoms with Crippen molar-refractivity contribution < 1.29 is 82.1 Å². The number of nitrogens with one attached hydrogen (secondary N) is 17. The van der Waals surface area contributed by atoms with E-state index in [1.165, 1.54) is 39.5 Å². The number of aliphatic hydroxyl groups is 1. The first kappa shape index (κ1) is 99.7. The molecule has 123 heavy (non-hydrogen) atoms. The van der Waals surface area contributed by atoms with Crippen LogP contribution >= 0.6 is 0 Å². The van der Waals surface area contributed by atoms with Crippen molar-refractivity contribution in [3.05, 3.63) is 108 Å². The normalized spacial score (nSPS) is 16.2. The van der Waals surface area contributed by atoms with E-state index >= 15 is 0 Å². The lowest BCUT2D eigenvalue weighted by molar-refractivity contribution is -0.145. The summed E-state index contributed by atoms with van der Waals surface area (Å²) in [6.07, 6.45) is 4.09. The number of carbonyl (C=O) groups excluding carboxylic acids is 14. The number of para-hydroxylation sites is 2. The maximum Gasteiger partial charge on any atom is 0.325 e. The highest BCUT2D eigenvalue weighted by Crippen LogP contribution is 2.25. The zero-order valence-electron chi connectivity index (χ0n) is 71.4. The molecule has 0 bridgehead atoms. The molecule has 6 rings (SSSR count). The van der Waals surface area contributed by atoms with E-state index in [2.05, 4.69) is 84.4 Å². The number of carboxylic acids is 1. The maximum absolute atomic E-state index is 14.8. The Morgan fingerprint density at radius 2 is 0.935 bits per heavy atom. The monoisotopic (exact) mass is 1710 g/mol. The molecular formula is C84H126N22O17. The molecule has 27 N–H and O–H groups in total. The van der Waals surface area contributed by atoms with E-state index in [-0.39, 0.29) is 102 Å². The highest BCUT2D eigenvalue weighted by atomic mass is 16.4. The number of H-pyrrole nitrogens is 2. The minimum atomic E-state index is -1.70. The average molecular weight is 1720 g/mol. The number of nitrogens with two attached hydrogens (primary N) is 4. The van der Waals surface area contributed by atoms with E-state index in [4.69, 9.17) is 28.3 Å². The highest BCUT2D eigenvalue weighted by Gasteiger charge is 2.42. The molecular weight excluding hydrogens is 1590 g/mol. The number of benzene rings is 3. The molecule has 0 unspecified atom stereocenters. The number of fused-ring (bicyclic) bond motifs is 2. The van der Waals surface area contributed by atoms with Crippen molar-refractivity contribution >= 4 is 116 Å². The maximum atomic E-state index is 14.8. The number of hydrogen-bond acceptors (Lipinski definition) is 20. The predicted octanol–water partition coefficient (Wildman–Crippen LogP) is -1.91. The number of aliphatic hydroxyl groups excluding tert-OH is 1. The van der Waals surface area contributed by atoms with Crippen LogP contribution in [0, 0.1) is 17.2 Å². The minimum Gasteiger partial charge on any atom is -0.480 e. The largest absolute Gasteiger partial charge is 0.480 e. The molecule has 5 aromatic rings. The Kier molecular flexibility index (Phi) is 40.3. The van der Waals surface area contributed by atoms with Crippen molar-refractivity contribution in [1.29, 1.82) is 5.41 Å². The van der Waals surface area contributed by atoms with Crippen LogP contribution in [-0.2, 0) is 91.2 Å². The summed E-state index contributed by atoms with van der Waals surface area (Å²) in [5.41, 5.74) is 27.1. The summed E-state index contributed by atoms with van der Waals surface area (Å²) >= 11 is 0. The van der Waals surface area contributed by atoms with Crippen LogP contribution in [0.1, 0.15) is 156 Å². The Labute approximate surface area is 714 Å². The smallest absolute Gasteiger partial charge is 0.325 e. The summed E-state index contributed by atoms with van der Waals surface area (Å²) in [5.74, 6) is -13.9. The lowest BCUT2D eigenvalue weighted by Crippen LogP contribution is -2.61. The van der Waals surface area contributed by atoms with Crippen LogP contribution in [0.3, 0.4) is 0 Å². The molecule has 0 saturated carbocycles. The van der Waals surface area contributed by atoms with Crippen molar-refractivity contribution in [2.75, 3.05) is 32.7 Å². The first-order chi connectivity index (χ1) is 58.4. The zero-order valence-corrected chi connectivity index (χ0v) is 71.4. The zero-order chi connectivity index (χ0) is 90.7. The van der Waals surface area contributed by atoms with Crippen LogP contribution < -0.4 is 97.4 Å². The fourth-order valence-corrected chi connectivity index (χ4v) is 14.0. The number of aliphatic carboxylic acids is 1. The Morgan fingerprint density at radius 3 is 1.43 bits per heavy atom. The van der Waals surface area contributed by atoms with E-state index in [0.717, 1.165) is 16.5 Å². The fourth-order valence-electron chi connectivity index (χ4n) is 14.0. The molecule has 3 heterocycles. The molecule has 1 aliphatic heterocycles. The first-order valence-electron chi connectivity index (χ1n) is 42.0. The number of carboxylic acid groups (broad SMARTS) is 1. The number of rotatable bonds is 51. The number of nitrogens with zero attached hydrogens (tertiary/aromatic N) is 1. The molecule has 0 aliphatic carbocycles. The number of carbonyl (C=O) groups is 15. The van der Waals surface area contributed by atoms with E-state index in [0.29, 0.717) is 54.1 Å². The molecule has 14 amide bonds. The standard InChI is InChI=1S/C84H126N22O17/c1-10-46(4)68(82(121)106-37-23-33-66(106)80(119)97-50(8)83(122)123)105-72(111)49(7)94-75(114)60(30-18-20-34-85)100-76(115)62(32-22-36-90-84(88)89)99-71(110)48(6)96-79(118)65(41-54-43-92-59-29-17-15-27-56(54)59)102-77(116)61(31-19-21-35-86)98-70(109)47(5)95-78(117)63(38-45(2)3)103-81(120)69(51(9)107)104-67(108)44-93-74(113)64(40-53-42-91-58-28-16-14-26-55(53)58)101-73(112)57(87)39-52-24-12-11-13-25-52/h11-17,24-29,42-43,45-51,57,60-66,68-69,91-92,107H,10,18-23,30-41,44,85-87H2,1-9H3,(H,93,113)(H,94,114)(H,95,117)(H,96,118)(H,97,119)(H,98,109)(H,99,110)(H,100,115)(H,101,112)(H,102,116)(H,103,120)(H,104,108)(H,105,111)(H,122,123)(H4,88,89,90)/t46-,47-,48-,49-,50-,51+,57-,60-,61-,62-,63-,64-,65-,66-,68-,69-/m0/s1. The van der Waals surface area contributed by atoms with Crippen LogP contribution in [0.4, 0.5) is 0 Å².